The fourth-order valence-corrected chi connectivity index (χ4v) is 1.66. The van der Waals surface area contributed by atoms with Gasteiger partial charge in [0.2, 0.25) is 5.91 Å². The number of phenolic OH excluding ortho intramolecular Hbond substituents is 1. The van der Waals surface area contributed by atoms with E-state index in [0.717, 1.165) is 5.56 Å². The third-order valence-corrected chi connectivity index (χ3v) is 2.80. The molecule has 0 aliphatic heterocycles. The van der Waals surface area contributed by atoms with Gasteiger partial charge in [0.25, 0.3) is 0 Å². The standard InChI is InChI=1S/C14H20N2O4/c1-16(2)8-7-13(18)15-12(14(19)20)9-10-3-5-11(17)6-4-10/h3-6,12,17H,7-9H2,1-2H3,(H,15,18)(H,19,20). The first-order valence-corrected chi connectivity index (χ1v) is 6.33. The number of carboxylic acid groups (broad SMARTS) is 1. The molecule has 1 aromatic rings. The van der Waals surface area contributed by atoms with Gasteiger partial charge in [-0.15, -0.1) is 0 Å². The van der Waals surface area contributed by atoms with Gasteiger partial charge in [0.1, 0.15) is 11.8 Å². The quantitative estimate of drug-likeness (QED) is 0.675. The summed E-state index contributed by atoms with van der Waals surface area (Å²) in [7, 11) is 3.69. The van der Waals surface area contributed by atoms with Crippen molar-refractivity contribution < 1.29 is 19.8 Å². The molecule has 0 bridgehead atoms. The molecule has 0 fully saturated rings. The fourth-order valence-electron chi connectivity index (χ4n) is 1.66. The average molecular weight is 280 g/mol. The predicted molar refractivity (Wildman–Crippen MR) is 74.5 cm³/mol. The van der Waals surface area contributed by atoms with Crippen molar-refractivity contribution >= 4 is 11.9 Å². The minimum atomic E-state index is -1.07. The molecule has 6 heteroatoms. The van der Waals surface area contributed by atoms with Crippen LogP contribution in [0.4, 0.5) is 0 Å². The van der Waals surface area contributed by atoms with Gasteiger partial charge in [0.15, 0.2) is 0 Å². The molecule has 0 spiro atoms. The van der Waals surface area contributed by atoms with Crippen LogP contribution in [0.25, 0.3) is 0 Å². The van der Waals surface area contributed by atoms with Crippen molar-refractivity contribution in [3.63, 3.8) is 0 Å². The number of amides is 1. The highest BCUT2D eigenvalue weighted by Gasteiger charge is 2.20. The molecule has 0 aliphatic carbocycles. The van der Waals surface area contributed by atoms with Crippen molar-refractivity contribution in [1.29, 1.82) is 0 Å². The average Bonchev–Trinajstić information content (AvgIpc) is 2.38. The van der Waals surface area contributed by atoms with E-state index in [1.807, 2.05) is 19.0 Å². The number of aliphatic carboxylic acids is 1. The number of hydrogen-bond donors (Lipinski definition) is 3. The molecular formula is C14H20N2O4. The lowest BCUT2D eigenvalue weighted by molar-refractivity contribution is -0.141. The third-order valence-electron chi connectivity index (χ3n) is 2.80. The summed E-state index contributed by atoms with van der Waals surface area (Å²) in [5, 5.41) is 20.8. The molecule has 1 unspecified atom stereocenters. The number of rotatable bonds is 7. The number of nitrogens with zero attached hydrogens (tertiary/aromatic N) is 1. The van der Waals surface area contributed by atoms with Crippen LogP contribution in [0.1, 0.15) is 12.0 Å². The van der Waals surface area contributed by atoms with Gasteiger partial charge in [-0.05, 0) is 31.8 Å². The molecule has 110 valence electrons. The lowest BCUT2D eigenvalue weighted by Crippen LogP contribution is -2.43. The lowest BCUT2D eigenvalue weighted by atomic mass is 10.1. The first kappa shape index (κ1) is 16.0. The second kappa shape index (κ2) is 7.49. The van der Waals surface area contributed by atoms with E-state index in [4.69, 9.17) is 5.11 Å². The smallest absolute Gasteiger partial charge is 0.326 e. The van der Waals surface area contributed by atoms with E-state index in [1.54, 1.807) is 12.1 Å². The zero-order chi connectivity index (χ0) is 15.1. The minimum absolute atomic E-state index is 0.121. The van der Waals surface area contributed by atoms with Crippen LogP contribution in [0.2, 0.25) is 0 Å². The van der Waals surface area contributed by atoms with Crippen molar-refractivity contribution in [2.75, 3.05) is 20.6 Å². The van der Waals surface area contributed by atoms with Gasteiger partial charge < -0.3 is 20.4 Å². The van der Waals surface area contributed by atoms with Crippen LogP contribution in [0, 0.1) is 0 Å². The zero-order valence-electron chi connectivity index (χ0n) is 11.7. The Bertz CT molecular complexity index is 457. The second-order valence-electron chi connectivity index (χ2n) is 4.88. The minimum Gasteiger partial charge on any atom is -0.508 e. The number of carboxylic acids is 1. The number of phenols is 1. The summed E-state index contributed by atoms with van der Waals surface area (Å²) in [4.78, 5) is 24.7. The van der Waals surface area contributed by atoms with E-state index in [0.29, 0.717) is 6.54 Å². The Hall–Kier alpha value is -2.08. The van der Waals surface area contributed by atoms with Crippen LogP contribution in [0.5, 0.6) is 5.75 Å². The summed E-state index contributed by atoms with van der Waals surface area (Å²) in [5.74, 6) is -1.24. The molecule has 3 N–H and O–H groups in total. The molecule has 1 rings (SSSR count). The van der Waals surface area contributed by atoms with Crippen molar-refractivity contribution in [3.8, 4) is 5.75 Å². The summed E-state index contributed by atoms with van der Waals surface area (Å²) in [6.45, 7) is 0.567. The summed E-state index contributed by atoms with van der Waals surface area (Å²) in [6, 6.07) is 5.29. The first-order chi connectivity index (χ1) is 9.38. The maximum absolute atomic E-state index is 11.7. The Morgan fingerprint density at radius 2 is 1.85 bits per heavy atom. The Labute approximate surface area is 118 Å². The van der Waals surface area contributed by atoms with Crippen molar-refractivity contribution in [1.82, 2.24) is 10.2 Å². The van der Waals surface area contributed by atoms with Gasteiger partial charge >= 0.3 is 5.97 Å². The molecule has 0 aliphatic rings. The van der Waals surface area contributed by atoms with E-state index in [2.05, 4.69) is 5.32 Å². The third kappa shape index (κ3) is 5.71. The van der Waals surface area contributed by atoms with E-state index in [1.165, 1.54) is 12.1 Å². The summed E-state index contributed by atoms with van der Waals surface area (Å²) in [5.41, 5.74) is 0.739. The molecule has 0 saturated heterocycles. The van der Waals surface area contributed by atoms with Gasteiger partial charge in [0, 0.05) is 19.4 Å². The molecular weight excluding hydrogens is 260 g/mol. The highest BCUT2D eigenvalue weighted by Crippen LogP contribution is 2.11. The largest absolute Gasteiger partial charge is 0.508 e. The molecule has 20 heavy (non-hydrogen) atoms. The van der Waals surface area contributed by atoms with Crippen molar-refractivity contribution in [2.45, 2.75) is 18.9 Å². The van der Waals surface area contributed by atoms with Gasteiger partial charge in [-0.1, -0.05) is 12.1 Å². The number of nitrogens with one attached hydrogen (secondary N) is 1. The Balaban J connectivity index is 2.58. The van der Waals surface area contributed by atoms with E-state index in [9.17, 15) is 14.7 Å². The summed E-state index contributed by atoms with van der Waals surface area (Å²) in [6.07, 6.45) is 0.440. The normalized spacial score (nSPS) is 12.2. The van der Waals surface area contributed by atoms with E-state index in [-0.39, 0.29) is 24.5 Å². The van der Waals surface area contributed by atoms with Crippen LogP contribution in [0.3, 0.4) is 0 Å². The van der Waals surface area contributed by atoms with Gasteiger partial charge in [-0.25, -0.2) is 4.79 Å². The maximum Gasteiger partial charge on any atom is 0.326 e. The van der Waals surface area contributed by atoms with Crippen molar-refractivity contribution in [3.05, 3.63) is 29.8 Å². The van der Waals surface area contributed by atoms with Gasteiger partial charge in [-0.3, -0.25) is 4.79 Å². The topological polar surface area (TPSA) is 89.9 Å². The first-order valence-electron chi connectivity index (χ1n) is 6.33. The summed E-state index contributed by atoms with van der Waals surface area (Å²) < 4.78 is 0. The molecule has 0 heterocycles. The fraction of sp³-hybridized carbons (Fsp3) is 0.429. The highest BCUT2D eigenvalue weighted by atomic mass is 16.4. The molecule has 6 nitrogen and oxygen atoms in total. The molecule has 1 aromatic carbocycles. The van der Waals surface area contributed by atoms with Crippen LogP contribution in [-0.2, 0) is 16.0 Å². The molecule has 1 amide bonds. The van der Waals surface area contributed by atoms with E-state index < -0.39 is 12.0 Å². The number of benzene rings is 1. The SMILES string of the molecule is CN(C)CCC(=O)NC(Cc1ccc(O)cc1)C(=O)O. The van der Waals surface area contributed by atoms with Crippen LogP contribution < -0.4 is 5.32 Å². The zero-order valence-corrected chi connectivity index (χ0v) is 11.7. The molecule has 0 saturated carbocycles. The van der Waals surface area contributed by atoms with E-state index >= 15 is 0 Å². The Kier molecular flexibility index (Phi) is 5.99. The second-order valence-corrected chi connectivity index (χ2v) is 4.88. The van der Waals surface area contributed by atoms with Crippen molar-refractivity contribution in [2.24, 2.45) is 0 Å². The van der Waals surface area contributed by atoms with Gasteiger partial charge in [0.05, 0.1) is 0 Å². The highest BCUT2D eigenvalue weighted by molar-refractivity contribution is 5.83. The number of aromatic hydroxyl groups is 1. The van der Waals surface area contributed by atoms with Gasteiger partial charge in [-0.2, -0.15) is 0 Å². The monoisotopic (exact) mass is 280 g/mol. The molecule has 1 atom stereocenters. The maximum atomic E-state index is 11.7. The summed E-state index contributed by atoms with van der Waals surface area (Å²) >= 11 is 0. The lowest BCUT2D eigenvalue weighted by Gasteiger charge is -2.16. The Morgan fingerprint density at radius 3 is 2.35 bits per heavy atom. The predicted octanol–water partition coefficient (Wildman–Crippen LogP) is 0.456. The van der Waals surface area contributed by atoms with Crippen LogP contribution >= 0.6 is 0 Å². The van der Waals surface area contributed by atoms with Crippen LogP contribution in [0.15, 0.2) is 24.3 Å². The number of carbonyl (C=O) groups is 2. The molecule has 0 radical (unpaired) electrons. The number of carbonyl (C=O) groups excluding carboxylic acids is 1. The molecule has 0 aromatic heterocycles. The Morgan fingerprint density at radius 1 is 1.25 bits per heavy atom. The number of hydrogen-bond acceptors (Lipinski definition) is 4. The van der Waals surface area contributed by atoms with Crippen LogP contribution in [-0.4, -0.2) is 53.7 Å².